The number of nitrogens with one attached hydrogen (secondary N) is 2. The molecular weight excluding hydrogens is 190 g/mol. The van der Waals surface area contributed by atoms with Crippen LogP contribution in [0.3, 0.4) is 0 Å². The van der Waals surface area contributed by atoms with Crippen molar-refractivity contribution in [3.8, 4) is 0 Å². The first kappa shape index (κ1) is 10.4. The van der Waals surface area contributed by atoms with E-state index in [-0.39, 0.29) is 18.3 Å². The third-order valence-electron chi connectivity index (χ3n) is 1.43. The lowest BCUT2D eigenvalue weighted by Crippen LogP contribution is -2.34. The number of carbonyl (C=O) groups excluding carboxylic acids is 1. The van der Waals surface area contributed by atoms with Crippen LogP contribution in [0, 0.1) is 0 Å². The first-order chi connectivity index (χ1) is 6.63. The molecule has 0 bridgehead atoms. The van der Waals surface area contributed by atoms with Gasteiger partial charge in [-0.25, -0.2) is 0 Å². The van der Waals surface area contributed by atoms with Crippen LogP contribution in [0.2, 0.25) is 0 Å². The molecule has 8 heteroatoms. The third kappa shape index (κ3) is 2.68. The van der Waals surface area contributed by atoms with Gasteiger partial charge in [-0.15, -0.1) is 5.10 Å². The average Bonchev–Trinajstić information content (AvgIpc) is 2.60. The van der Waals surface area contributed by atoms with E-state index in [9.17, 15) is 4.79 Å². The van der Waals surface area contributed by atoms with Crippen LogP contribution in [0.1, 0.15) is 10.6 Å². The maximum atomic E-state index is 11.2. The molecule has 1 rings (SSSR count). The van der Waals surface area contributed by atoms with Crippen molar-refractivity contribution in [1.29, 1.82) is 0 Å². The number of anilines is 1. The molecule has 0 aromatic carbocycles. The highest BCUT2D eigenvalue weighted by Gasteiger charge is 2.11. The van der Waals surface area contributed by atoms with Crippen molar-refractivity contribution in [2.45, 2.75) is 6.10 Å². The van der Waals surface area contributed by atoms with Crippen LogP contribution in [0.25, 0.3) is 0 Å². The molecule has 0 spiro atoms. The summed E-state index contributed by atoms with van der Waals surface area (Å²) in [5.41, 5.74) is 5.18. The van der Waals surface area contributed by atoms with Gasteiger partial charge in [0.1, 0.15) is 0 Å². The van der Waals surface area contributed by atoms with E-state index in [1.54, 1.807) is 0 Å². The van der Waals surface area contributed by atoms with Crippen LogP contribution in [0.5, 0.6) is 0 Å². The van der Waals surface area contributed by atoms with Gasteiger partial charge in [0.25, 0.3) is 5.91 Å². The summed E-state index contributed by atoms with van der Waals surface area (Å²) < 4.78 is 0. The summed E-state index contributed by atoms with van der Waals surface area (Å²) >= 11 is 0. The summed E-state index contributed by atoms with van der Waals surface area (Å²) in [5.74, 6) is -0.604. The summed E-state index contributed by atoms with van der Waals surface area (Å²) in [6.45, 7) is -0.477. The Kier molecular flexibility index (Phi) is 3.37. The van der Waals surface area contributed by atoms with Gasteiger partial charge in [-0.3, -0.25) is 9.89 Å². The van der Waals surface area contributed by atoms with Crippen LogP contribution < -0.4 is 11.1 Å². The van der Waals surface area contributed by atoms with E-state index >= 15 is 0 Å². The van der Waals surface area contributed by atoms with Crippen molar-refractivity contribution in [3.05, 3.63) is 5.82 Å². The van der Waals surface area contributed by atoms with Gasteiger partial charge in [-0.1, -0.05) is 0 Å². The zero-order valence-corrected chi connectivity index (χ0v) is 7.27. The number of carbonyl (C=O) groups is 1. The second-order valence-corrected chi connectivity index (χ2v) is 2.59. The maximum Gasteiger partial charge on any atom is 0.288 e. The fourth-order valence-corrected chi connectivity index (χ4v) is 0.735. The quantitative estimate of drug-likeness (QED) is 0.364. The Morgan fingerprint density at radius 2 is 2.43 bits per heavy atom. The van der Waals surface area contributed by atoms with Crippen molar-refractivity contribution in [2.24, 2.45) is 0 Å². The second kappa shape index (κ2) is 4.53. The molecule has 14 heavy (non-hydrogen) atoms. The molecule has 0 aliphatic rings. The number of aromatic nitrogens is 3. The fraction of sp³-hybridized carbons (Fsp3) is 0.500. The number of aliphatic hydroxyl groups is 2. The molecule has 0 radical (unpaired) electrons. The van der Waals surface area contributed by atoms with Gasteiger partial charge in [0.15, 0.2) is 0 Å². The molecule has 6 N–H and O–H groups in total. The normalized spacial score (nSPS) is 12.4. The molecule has 1 unspecified atom stereocenters. The number of amides is 1. The predicted molar refractivity (Wildman–Crippen MR) is 46.2 cm³/mol. The second-order valence-electron chi connectivity index (χ2n) is 2.59. The minimum atomic E-state index is -0.987. The van der Waals surface area contributed by atoms with Crippen molar-refractivity contribution in [3.63, 3.8) is 0 Å². The molecule has 1 amide bonds. The number of rotatable bonds is 4. The topological polar surface area (TPSA) is 137 Å². The minimum absolute atomic E-state index is 0.0298. The van der Waals surface area contributed by atoms with Crippen molar-refractivity contribution in [1.82, 2.24) is 20.5 Å². The largest absolute Gasteiger partial charge is 0.394 e. The molecule has 1 aromatic heterocycles. The maximum absolute atomic E-state index is 11.2. The number of aliphatic hydroxyl groups excluding tert-OH is 2. The van der Waals surface area contributed by atoms with Crippen LogP contribution in [0.4, 0.5) is 5.95 Å². The summed E-state index contributed by atoms with van der Waals surface area (Å²) in [4.78, 5) is 14.8. The predicted octanol–water partition coefficient (Wildman–Crippen LogP) is -2.53. The number of H-pyrrole nitrogens is 1. The van der Waals surface area contributed by atoms with Crippen LogP contribution in [0.15, 0.2) is 0 Å². The molecule has 0 aliphatic carbocycles. The highest BCUT2D eigenvalue weighted by Crippen LogP contribution is 1.92. The SMILES string of the molecule is Nc1n[nH]c(C(=O)NCC(O)CO)n1. The van der Waals surface area contributed by atoms with Gasteiger partial charge in [0.2, 0.25) is 11.8 Å². The van der Waals surface area contributed by atoms with Gasteiger partial charge < -0.3 is 21.3 Å². The standard InChI is InChI=1S/C6H11N5O3/c7-6-9-4(10-11-6)5(14)8-1-3(13)2-12/h3,12-13H,1-2H2,(H,8,14)(H3,7,9,10,11). The van der Waals surface area contributed by atoms with Gasteiger partial charge in [-0.05, 0) is 0 Å². The van der Waals surface area contributed by atoms with Crippen molar-refractivity contribution < 1.29 is 15.0 Å². The van der Waals surface area contributed by atoms with Crippen LogP contribution in [-0.2, 0) is 0 Å². The van der Waals surface area contributed by atoms with Crippen LogP contribution in [-0.4, -0.2) is 50.6 Å². The van der Waals surface area contributed by atoms with E-state index < -0.39 is 18.6 Å². The van der Waals surface area contributed by atoms with E-state index in [1.807, 2.05) is 0 Å². The van der Waals surface area contributed by atoms with E-state index in [0.29, 0.717) is 0 Å². The smallest absolute Gasteiger partial charge is 0.288 e. The highest BCUT2D eigenvalue weighted by atomic mass is 16.3. The van der Waals surface area contributed by atoms with Gasteiger partial charge in [-0.2, -0.15) is 4.98 Å². The molecule has 0 aliphatic heterocycles. The lowest BCUT2D eigenvalue weighted by atomic mass is 10.4. The minimum Gasteiger partial charge on any atom is -0.394 e. The van der Waals surface area contributed by atoms with E-state index in [0.717, 1.165) is 0 Å². The molecule has 1 heterocycles. The molecule has 8 nitrogen and oxygen atoms in total. The number of nitrogens with zero attached hydrogens (tertiary/aromatic N) is 2. The molecule has 0 saturated carbocycles. The number of nitrogen functional groups attached to an aromatic ring is 1. The van der Waals surface area contributed by atoms with E-state index in [1.165, 1.54) is 0 Å². The van der Waals surface area contributed by atoms with Crippen LogP contribution >= 0.6 is 0 Å². The fourth-order valence-electron chi connectivity index (χ4n) is 0.735. The Morgan fingerprint density at radius 3 is 2.93 bits per heavy atom. The molecule has 0 saturated heterocycles. The number of nitrogens with two attached hydrogens (primary N) is 1. The highest BCUT2D eigenvalue weighted by molar-refractivity contribution is 5.90. The van der Waals surface area contributed by atoms with Crippen molar-refractivity contribution >= 4 is 11.9 Å². The zero-order chi connectivity index (χ0) is 10.6. The first-order valence-electron chi connectivity index (χ1n) is 3.88. The summed E-state index contributed by atoms with van der Waals surface area (Å²) in [6.07, 6.45) is -0.987. The summed E-state index contributed by atoms with van der Waals surface area (Å²) in [5, 5.41) is 25.5. The number of aromatic amines is 1. The van der Waals surface area contributed by atoms with Crippen molar-refractivity contribution in [2.75, 3.05) is 18.9 Å². The average molecular weight is 201 g/mol. The molecule has 1 atom stereocenters. The summed E-state index contributed by atoms with van der Waals surface area (Å²) in [6, 6.07) is 0. The first-order valence-corrected chi connectivity index (χ1v) is 3.88. The van der Waals surface area contributed by atoms with Gasteiger partial charge in [0, 0.05) is 6.54 Å². The molecule has 1 aromatic rings. The Hall–Kier alpha value is -1.67. The third-order valence-corrected chi connectivity index (χ3v) is 1.43. The summed E-state index contributed by atoms with van der Waals surface area (Å²) in [7, 11) is 0. The lowest BCUT2D eigenvalue weighted by Gasteiger charge is -2.06. The molecule has 78 valence electrons. The Bertz CT molecular complexity index is 312. The number of hydrogen-bond acceptors (Lipinski definition) is 6. The monoisotopic (exact) mass is 201 g/mol. The Morgan fingerprint density at radius 1 is 1.71 bits per heavy atom. The van der Waals surface area contributed by atoms with E-state index in [2.05, 4.69) is 20.5 Å². The van der Waals surface area contributed by atoms with E-state index in [4.69, 9.17) is 15.9 Å². The lowest BCUT2D eigenvalue weighted by molar-refractivity contribution is 0.0795. The Labute approximate surface area is 79.1 Å². The Balaban J connectivity index is 2.43. The number of hydrogen-bond donors (Lipinski definition) is 5. The molecule has 0 fully saturated rings. The van der Waals surface area contributed by atoms with Gasteiger partial charge >= 0.3 is 0 Å². The molecular formula is C6H11N5O3. The zero-order valence-electron chi connectivity index (χ0n) is 7.27. The van der Waals surface area contributed by atoms with Gasteiger partial charge in [0.05, 0.1) is 12.7 Å².